The van der Waals surface area contributed by atoms with Crippen LogP contribution in [0.3, 0.4) is 0 Å². The van der Waals surface area contributed by atoms with Crippen molar-refractivity contribution in [2.45, 2.75) is 26.3 Å². The zero-order valence-electron chi connectivity index (χ0n) is 14.2. The summed E-state index contributed by atoms with van der Waals surface area (Å²) in [5.41, 5.74) is 2.63. The van der Waals surface area contributed by atoms with E-state index < -0.39 is 5.97 Å². The number of anilines is 1. The molecule has 0 saturated heterocycles. The third-order valence-electron chi connectivity index (χ3n) is 3.88. The summed E-state index contributed by atoms with van der Waals surface area (Å²) in [5.74, 6) is -0.525. The van der Waals surface area contributed by atoms with Gasteiger partial charge in [-0.05, 0) is 12.5 Å². The topological polar surface area (TPSA) is 95.3 Å². The van der Waals surface area contributed by atoms with Crippen molar-refractivity contribution in [3.05, 3.63) is 53.3 Å². The number of carboxylic acid groups (broad SMARTS) is 1. The van der Waals surface area contributed by atoms with E-state index in [1.54, 1.807) is 24.1 Å². The number of nitrogens with one attached hydrogen (secondary N) is 1. The molecule has 2 heterocycles. The predicted molar refractivity (Wildman–Crippen MR) is 93.6 cm³/mol. The lowest BCUT2D eigenvalue weighted by Gasteiger charge is -2.15. The molecule has 25 heavy (non-hydrogen) atoms. The molecule has 0 saturated carbocycles. The molecule has 0 bridgehead atoms. The van der Waals surface area contributed by atoms with Gasteiger partial charge >= 0.3 is 5.97 Å². The quantitative estimate of drug-likeness (QED) is 0.685. The van der Waals surface area contributed by atoms with E-state index in [1.807, 2.05) is 24.3 Å². The van der Waals surface area contributed by atoms with Crippen molar-refractivity contribution in [1.29, 1.82) is 0 Å². The number of aromatic amines is 1. The number of carboxylic acids is 1. The van der Waals surface area contributed by atoms with Gasteiger partial charge in [0.15, 0.2) is 17.1 Å². The Hall–Kier alpha value is -3.09. The maximum atomic E-state index is 11.8. The zero-order valence-corrected chi connectivity index (χ0v) is 14.2. The minimum Gasteiger partial charge on any atom is -0.477 e. The highest BCUT2D eigenvalue weighted by Crippen LogP contribution is 2.31. The molecule has 3 rings (SSSR count). The van der Waals surface area contributed by atoms with Crippen LogP contribution in [0.15, 0.2) is 40.9 Å². The lowest BCUT2D eigenvalue weighted by Crippen LogP contribution is -2.19. The summed E-state index contributed by atoms with van der Waals surface area (Å²) < 4.78 is 5.35. The van der Waals surface area contributed by atoms with Crippen molar-refractivity contribution in [2.75, 3.05) is 11.9 Å². The van der Waals surface area contributed by atoms with E-state index in [9.17, 15) is 9.90 Å². The van der Waals surface area contributed by atoms with E-state index in [1.165, 1.54) is 0 Å². The summed E-state index contributed by atoms with van der Waals surface area (Å²) in [6.07, 6.45) is 1.93. The van der Waals surface area contributed by atoms with Crippen LogP contribution in [0.4, 0.5) is 5.82 Å². The summed E-state index contributed by atoms with van der Waals surface area (Å²) >= 11 is 0. The van der Waals surface area contributed by atoms with Crippen LogP contribution in [-0.4, -0.2) is 33.5 Å². The number of benzene rings is 1. The standard InChI is InChI=1S/C18H20N4O3/c1-3-7-13-10-14(20-19-13)11-22(2)17-15(18(23)24)16(25-21-17)12-8-5-4-6-9-12/h4-6,8-10H,3,7,11H2,1-2H3,(H,19,20)(H,23,24). The fourth-order valence-corrected chi connectivity index (χ4v) is 2.73. The Morgan fingerprint density at radius 3 is 2.76 bits per heavy atom. The molecule has 3 aromatic rings. The molecule has 0 aliphatic heterocycles. The monoisotopic (exact) mass is 340 g/mol. The normalized spacial score (nSPS) is 10.8. The number of aryl methyl sites for hydroxylation is 1. The number of nitrogens with zero attached hydrogens (tertiary/aromatic N) is 3. The van der Waals surface area contributed by atoms with Crippen LogP contribution >= 0.6 is 0 Å². The van der Waals surface area contributed by atoms with Gasteiger partial charge in [-0.2, -0.15) is 5.10 Å². The molecule has 0 radical (unpaired) electrons. The maximum absolute atomic E-state index is 11.8. The molecule has 130 valence electrons. The molecule has 2 N–H and O–H groups in total. The number of hydrogen-bond donors (Lipinski definition) is 2. The molecule has 0 aliphatic rings. The average Bonchev–Trinajstić information content (AvgIpc) is 3.23. The highest BCUT2D eigenvalue weighted by atomic mass is 16.5. The second-order valence-electron chi connectivity index (χ2n) is 5.87. The molecule has 0 unspecified atom stereocenters. The Morgan fingerprint density at radius 2 is 2.08 bits per heavy atom. The Morgan fingerprint density at radius 1 is 1.32 bits per heavy atom. The summed E-state index contributed by atoms with van der Waals surface area (Å²) in [6, 6.07) is 11.1. The average molecular weight is 340 g/mol. The van der Waals surface area contributed by atoms with Crippen LogP contribution < -0.4 is 4.90 Å². The number of aromatic nitrogens is 3. The van der Waals surface area contributed by atoms with Crippen LogP contribution in [0.25, 0.3) is 11.3 Å². The first-order valence-corrected chi connectivity index (χ1v) is 8.12. The number of carbonyl (C=O) groups is 1. The first kappa shape index (κ1) is 16.8. The van der Waals surface area contributed by atoms with E-state index in [2.05, 4.69) is 22.3 Å². The van der Waals surface area contributed by atoms with Gasteiger partial charge in [0.1, 0.15) is 0 Å². The highest BCUT2D eigenvalue weighted by Gasteiger charge is 2.26. The molecule has 0 amide bonds. The Labute approximate surface area is 145 Å². The zero-order chi connectivity index (χ0) is 17.8. The van der Waals surface area contributed by atoms with Crippen molar-refractivity contribution in [3.63, 3.8) is 0 Å². The molecular formula is C18H20N4O3. The molecular weight excluding hydrogens is 320 g/mol. The minimum absolute atomic E-state index is 0.0574. The van der Waals surface area contributed by atoms with Gasteiger partial charge in [0.2, 0.25) is 0 Å². The van der Waals surface area contributed by atoms with Crippen LogP contribution in [0, 0.1) is 0 Å². The van der Waals surface area contributed by atoms with Crippen molar-refractivity contribution in [3.8, 4) is 11.3 Å². The van der Waals surface area contributed by atoms with Crippen LogP contribution in [-0.2, 0) is 13.0 Å². The Bertz CT molecular complexity index is 854. The van der Waals surface area contributed by atoms with E-state index in [0.717, 1.165) is 24.2 Å². The van der Waals surface area contributed by atoms with Crippen LogP contribution in [0.1, 0.15) is 35.1 Å². The molecule has 1 aromatic carbocycles. The predicted octanol–water partition coefficient (Wildman–Crippen LogP) is 3.35. The van der Waals surface area contributed by atoms with Crippen LogP contribution in [0.5, 0.6) is 0 Å². The summed E-state index contributed by atoms with van der Waals surface area (Å²) in [6.45, 7) is 2.55. The SMILES string of the molecule is CCCc1cc(CN(C)c2noc(-c3ccccc3)c2C(=O)O)[nH]n1. The molecule has 7 heteroatoms. The van der Waals surface area contributed by atoms with Crippen molar-refractivity contribution in [1.82, 2.24) is 15.4 Å². The van der Waals surface area contributed by atoms with E-state index in [-0.39, 0.29) is 17.1 Å². The van der Waals surface area contributed by atoms with Gasteiger partial charge in [-0.25, -0.2) is 4.79 Å². The van der Waals surface area contributed by atoms with Gasteiger partial charge in [-0.3, -0.25) is 5.10 Å². The second kappa shape index (κ2) is 7.21. The third-order valence-corrected chi connectivity index (χ3v) is 3.88. The maximum Gasteiger partial charge on any atom is 0.343 e. The Balaban J connectivity index is 1.88. The van der Waals surface area contributed by atoms with Crippen molar-refractivity contribution in [2.24, 2.45) is 0 Å². The first-order valence-electron chi connectivity index (χ1n) is 8.12. The molecule has 7 nitrogen and oxygen atoms in total. The first-order chi connectivity index (χ1) is 12.1. The smallest absolute Gasteiger partial charge is 0.343 e. The van der Waals surface area contributed by atoms with E-state index in [0.29, 0.717) is 12.1 Å². The van der Waals surface area contributed by atoms with Gasteiger partial charge in [0.05, 0.1) is 17.9 Å². The van der Waals surface area contributed by atoms with Gasteiger partial charge in [-0.15, -0.1) is 0 Å². The summed E-state index contributed by atoms with van der Waals surface area (Å²) in [4.78, 5) is 13.5. The van der Waals surface area contributed by atoms with E-state index >= 15 is 0 Å². The Kier molecular flexibility index (Phi) is 4.83. The summed E-state index contributed by atoms with van der Waals surface area (Å²) in [7, 11) is 1.78. The fourth-order valence-electron chi connectivity index (χ4n) is 2.73. The van der Waals surface area contributed by atoms with E-state index in [4.69, 9.17) is 4.52 Å². The lowest BCUT2D eigenvalue weighted by molar-refractivity contribution is 0.0698. The number of H-pyrrole nitrogens is 1. The molecule has 2 aromatic heterocycles. The minimum atomic E-state index is -1.07. The fraction of sp³-hybridized carbons (Fsp3) is 0.278. The number of rotatable bonds is 7. The largest absolute Gasteiger partial charge is 0.477 e. The lowest BCUT2D eigenvalue weighted by atomic mass is 10.1. The molecule has 0 spiro atoms. The van der Waals surface area contributed by atoms with Crippen molar-refractivity contribution >= 4 is 11.8 Å². The second-order valence-corrected chi connectivity index (χ2v) is 5.87. The summed E-state index contributed by atoms with van der Waals surface area (Å²) in [5, 5.41) is 20.9. The number of aromatic carboxylic acids is 1. The highest BCUT2D eigenvalue weighted by molar-refractivity contribution is 5.99. The van der Waals surface area contributed by atoms with Gasteiger partial charge in [0.25, 0.3) is 0 Å². The molecule has 0 fully saturated rings. The molecule has 0 atom stereocenters. The van der Waals surface area contributed by atoms with Gasteiger partial charge in [0, 0.05) is 12.6 Å². The van der Waals surface area contributed by atoms with Crippen LogP contribution in [0.2, 0.25) is 0 Å². The van der Waals surface area contributed by atoms with Crippen molar-refractivity contribution < 1.29 is 14.4 Å². The third kappa shape index (κ3) is 3.55. The molecule has 0 aliphatic carbocycles. The van der Waals surface area contributed by atoms with Gasteiger partial charge in [-0.1, -0.05) is 48.8 Å². The number of hydrogen-bond acceptors (Lipinski definition) is 5. The van der Waals surface area contributed by atoms with Gasteiger partial charge < -0.3 is 14.5 Å².